The number of halogens is 1. The van der Waals surface area contributed by atoms with Crippen molar-refractivity contribution in [1.29, 1.82) is 0 Å². The number of rotatable bonds is 1. The molecule has 0 bridgehead atoms. The average molecular weight is 259 g/mol. The first-order valence-corrected chi connectivity index (χ1v) is 4.79. The van der Waals surface area contributed by atoms with E-state index in [0.717, 1.165) is 10.0 Å². The molecule has 1 aromatic carbocycles. The lowest BCUT2D eigenvalue weighted by atomic mass is 10.2. The van der Waals surface area contributed by atoms with E-state index in [1.165, 1.54) is 7.05 Å². The number of nitrogen functional groups attached to an aromatic ring is 1. The Bertz CT molecular complexity index is 366. The van der Waals surface area contributed by atoms with Crippen LogP contribution in [0.4, 0.5) is 10.5 Å². The van der Waals surface area contributed by atoms with Gasteiger partial charge in [-0.25, -0.2) is 4.79 Å². The Balaban J connectivity index is 3.00. The van der Waals surface area contributed by atoms with Gasteiger partial charge in [-0.1, -0.05) is 15.9 Å². The molecule has 0 unspecified atom stereocenters. The van der Waals surface area contributed by atoms with Gasteiger partial charge in [0, 0.05) is 11.5 Å². The standard InChI is InChI=1S/C9H11BrN2O2/c1-5-6(10)3-4-7(8(5)11)14-9(13)12-2/h3-4H,11H2,1-2H3,(H,12,13). The van der Waals surface area contributed by atoms with Crippen molar-refractivity contribution in [2.75, 3.05) is 12.8 Å². The average Bonchev–Trinajstić information content (AvgIpc) is 2.19. The molecule has 1 aromatic rings. The van der Waals surface area contributed by atoms with Gasteiger partial charge in [-0.2, -0.15) is 0 Å². The van der Waals surface area contributed by atoms with Crippen LogP contribution in [0.1, 0.15) is 5.56 Å². The summed E-state index contributed by atoms with van der Waals surface area (Å²) in [6.07, 6.45) is -0.529. The summed E-state index contributed by atoms with van der Waals surface area (Å²) in [5.74, 6) is 0.366. The number of nitrogens with two attached hydrogens (primary N) is 1. The van der Waals surface area contributed by atoms with Gasteiger partial charge in [0.15, 0.2) is 5.75 Å². The number of benzene rings is 1. The Morgan fingerprint density at radius 2 is 2.21 bits per heavy atom. The summed E-state index contributed by atoms with van der Waals surface area (Å²) < 4.78 is 5.82. The largest absolute Gasteiger partial charge is 0.412 e. The van der Waals surface area contributed by atoms with Crippen molar-refractivity contribution in [1.82, 2.24) is 5.32 Å². The van der Waals surface area contributed by atoms with E-state index < -0.39 is 6.09 Å². The van der Waals surface area contributed by atoms with Gasteiger partial charge in [-0.3, -0.25) is 0 Å². The van der Waals surface area contributed by atoms with E-state index in [4.69, 9.17) is 10.5 Å². The zero-order chi connectivity index (χ0) is 10.7. The fourth-order valence-corrected chi connectivity index (χ4v) is 1.26. The normalized spacial score (nSPS) is 9.64. The highest BCUT2D eigenvalue weighted by atomic mass is 79.9. The molecule has 0 fully saturated rings. The summed E-state index contributed by atoms with van der Waals surface area (Å²) in [6.45, 7) is 1.84. The Morgan fingerprint density at radius 1 is 1.57 bits per heavy atom. The lowest BCUT2D eigenvalue weighted by Gasteiger charge is -2.09. The minimum absolute atomic E-state index is 0.366. The summed E-state index contributed by atoms with van der Waals surface area (Å²) in [5, 5.41) is 2.35. The summed E-state index contributed by atoms with van der Waals surface area (Å²) in [4.78, 5) is 10.9. The van der Waals surface area contributed by atoms with Crippen LogP contribution in [0.5, 0.6) is 5.75 Å². The van der Waals surface area contributed by atoms with Crippen molar-refractivity contribution < 1.29 is 9.53 Å². The number of anilines is 1. The maximum absolute atomic E-state index is 10.9. The van der Waals surface area contributed by atoms with E-state index in [2.05, 4.69) is 21.2 Å². The SMILES string of the molecule is CNC(=O)Oc1ccc(Br)c(C)c1N. The zero-order valence-corrected chi connectivity index (χ0v) is 9.51. The second-order valence-electron chi connectivity index (χ2n) is 2.72. The molecule has 3 N–H and O–H groups in total. The first-order valence-electron chi connectivity index (χ1n) is 4.00. The van der Waals surface area contributed by atoms with Crippen LogP contribution in [-0.2, 0) is 0 Å². The van der Waals surface area contributed by atoms with Gasteiger partial charge >= 0.3 is 6.09 Å². The molecular weight excluding hydrogens is 248 g/mol. The quantitative estimate of drug-likeness (QED) is 0.758. The number of carbonyl (C=O) groups excluding carboxylic acids is 1. The fourth-order valence-electron chi connectivity index (χ4n) is 0.917. The molecule has 0 spiro atoms. The van der Waals surface area contributed by atoms with Crippen molar-refractivity contribution in [2.24, 2.45) is 0 Å². The van der Waals surface area contributed by atoms with E-state index in [1.54, 1.807) is 12.1 Å². The summed E-state index contributed by atoms with van der Waals surface area (Å²) in [7, 11) is 1.49. The van der Waals surface area contributed by atoms with Crippen LogP contribution in [0.15, 0.2) is 16.6 Å². The molecule has 0 atom stereocenters. The van der Waals surface area contributed by atoms with Crippen LogP contribution in [-0.4, -0.2) is 13.1 Å². The maximum atomic E-state index is 10.9. The molecule has 0 saturated heterocycles. The molecule has 0 heterocycles. The number of amides is 1. The Kier molecular flexibility index (Phi) is 3.35. The smallest absolute Gasteiger partial charge is 0.408 e. The van der Waals surface area contributed by atoms with E-state index in [-0.39, 0.29) is 0 Å². The number of nitrogens with one attached hydrogen (secondary N) is 1. The van der Waals surface area contributed by atoms with E-state index in [0.29, 0.717) is 11.4 Å². The molecule has 76 valence electrons. The van der Waals surface area contributed by atoms with Crippen LogP contribution in [0.2, 0.25) is 0 Å². The summed E-state index contributed by atoms with van der Waals surface area (Å²) >= 11 is 3.33. The molecule has 0 saturated carbocycles. The van der Waals surface area contributed by atoms with Gasteiger partial charge in [-0.05, 0) is 24.6 Å². The summed E-state index contributed by atoms with van der Waals surface area (Å²) in [5.41, 5.74) is 7.07. The Labute approximate surface area is 90.6 Å². The number of hydrogen-bond acceptors (Lipinski definition) is 3. The highest BCUT2D eigenvalue weighted by Crippen LogP contribution is 2.30. The maximum Gasteiger partial charge on any atom is 0.412 e. The molecule has 0 aromatic heterocycles. The van der Waals surface area contributed by atoms with Crippen molar-refractivity contribution in [3.63, 3.8) is 0 Å². The molecule has 1 amide bonds. The fraction of sp³-hybridized carbons (Fsp3) is 0.222. The van der Waals surface area contributed by atoms with Gasteiger partial charge in [0.25, 0.3) is 0 Å². The van der Waals surface area contributed by atoms with Crippen molar-refractivity contribution in [3.8, 4) is 5.75 Å². The second-order valence-corrected chi connectivity index (χ2v) is 3.58. The van der Waals surface area contributed by atoms with E-state index >= 15 is 0 Å². The third-order valence-electron chi connectivity index (χ3n) is 1.82. The first kappa shape index (κ1) is 10.8. The Hall–Kier alpha value is -1.23. The van der Waals surface area contributed by atoms with Crippen LogP contribution in [0.3, 0.4) is 0 Å². The molecule has 1 rings (SSSR count). The third-order valence-corrected chi connectivity index (χ3v) is 2.67. The zero-order valence-electron chi connectivity index (χ0n) is 7.93. The van der Waals surface area contributed by atoms with Crippen LogP contribution in [0, 0.1) is 6.92 Å². The van der Waals surface area contributed by atoms with Crippen LogP contribution >= 0.6 is 15.9 Å². The topological polar surface area (TPSA) is 64.3 Å². The molecule has 4 nitrogen and oxygen atoms in total. The number of ether oxygens (including phenoxy) is 1. The first-order chi connectivity index (χ1) is 6.56. The highest BCUT2D eigenvalue weighted by Gasteiger charge is 2.09. The molecule has 0 aliphatic carbocycles. The monoisotopic (exact) mass is 258 g/mol. The van der Waals surface area contributed by atoms with Gasteiger partial charge in [0.2, 0.25) is 0 Å². The molecule has 5 heteroatoms. The number of hydrogen-bond donors (Lipinski definition) is 2. The van der Waals surface area contributed by atoms with Gasteiger partial charge < -0.3 is 15.8 Å². The Morgan fingerprint density at radius 3 is 2.79 bits per heavy atom. The predicted octanol–water partition coefficient (Wildman–Crippen LogP) is 2.06. The van der Waals surface area contributed by atoms with E-state index in [9.17, 15) is 4.79 Å². The van der Waals surface area contributed by atoms with Gasteiger partial charge in [0.1, 0.15) is 0 Å². The minimum atomic E-state index is -0.529. The molecule has 0 radical (unpaired) electrons. The predicted molar refractivity (Wildman–Crippen MR) is 58.4 cm³/mol. The van der Waals surface area contributed by atoms with Gasteiger partial charge in [-0.15, -0.1) is 0 Å². The molecule has 0 aliphatic rings. The van der Waals surface area contributed by atoms with Gasteiger partial charge in [0.05, 0.1) is 5.69 Å². The third kappa shape index (κ3) is 2.17. The lowest BCUT2D eigenvalue weighted by molar-refractivity contribution is 0.203. The van der Waals surface area contributed by atoms with Crippen molar-refractivity contribution in [2.45, 2.75) is 6.92 Å². The van der Waals surface area contributed by atoms with E-state index in [1.807, 2.05) is 6.92 Å². The molecule has 14 heavy (non-hydrogen) atoms. The van der Waals surface area contributed by atoms with Crippen LogP contribution in [0.25, 0.3) is 0 Å². The lowest BCUT2D eigenvalue weighted by Crippen LogP contribution is -2.22. The number of carbonyl (C=O) groups is 1. The van der Waals surface area contributed by atoms with Crippen LogP contribution < -0.4 is 15.8 Å². The van der Waals surface area contributed by atoms with Crippen molar-refractivity contribution >= 4 is 27.7 Å². The van der Waals surface area contributed by atoms with Crippen molar-refractivity contribution in [3.05, 3.63) is 22.2 Å². The molecular formula is C9H11BrN2O2. The summed E-state index contributed by atoms with van der Waals surface area (Å²) in [6, 6.07) is 3.42. The molecule has 0 aliphatic heterocycles. The minimum Gasteiger partial charge on any atom is -0.408 e. The second kappa shape index (κ2) is 4.32. The highest BCUT2D eigenvalue weighted by molar-refractivity contribution is 9.10.